The average molecular weight is 355 g/mol. The molecule has 4 rings (SSSR count). The third-order valence-corrected chi connectivity index (χ3v) is 5.94. The van der Waals surface area contributed by atoms with Crippen molar-refractivity contribution in [1.29, 1.82) is 0 Å². The first-order valence-corrected chi connectivity index (χ1v) is 10.2. The number of amides is 1. The Hall–Kier alpha value is -2.04. The van der Waals surface area contributed by atoms with E-state index in [1.165, 1.54) is 32.1 Å². The Morgan fingerprint density at radius 1 is 1.15 bits per heavy atom. The molecule has 1 N–H and O–H groups in total. The maximum Gasteiger partial charge on any atom is 0.298 e. The van der Waals surface area contributed by atoms with E-state index in [2.05, 4.69) is 15.2 Å². The number of para-hydroxylation sites is 2. The minimum atomic E-state index is 0.194. The number of nitrogens with zero attached hydrogens (tertiary/aromatic N) is 2. The summed E-state index contributed by atoms with van der Waals surface area (Å²) in [5.74, 6) is 0.956. The fraction of sp³-hybridized carbons (Fsp3) is 0.619. The van der Waals surface area contributed by atoms with E-state index in [0.717, 1.165) is 42.8 Å². The summed E-state index contributed by atoms with van der Waals surface area (Å²) in [4.78, 5) is 19.1. The number of carbonyl (C=O) groups is 1. The monoisotopic (exact) mass is 355 g/mol. The average Bonchev–Trinajstić information content (AvgIpc) is 3.31. The van der Waals surface area contributed by atoms with Gasteiger partial charge in [0, 0.05) is 19.5 Å². The van der Waals surface area contributed by atoms with Crippen LogP contribution in [0.2, 0.25) is 0 Å². The van der Waals surface area contributed by atoms with Gasteiger partial charge in [-0.25, -0.2) is 0 Å². The van der Waals surface area contributed by atoms with Crippen molar-refractivity contribution in [3.63, 3.8) is 0 Å². The van der Waals surface area contributed by atoms with Crippen molar-refractivity contribution in [3.8, 4) is 0 Å². The van der Waals surface area contributed by atoms with Gasteiger partial charge in [0.2, 0.25) is 5.91 Å². The van der Waals surface area contributed by atoms with Crippen molar-refractivity contribution in [1.82, 2.24) is 10.3 Å². The molecule has 2 aliphatic rings. The first kappa shape index (κ1) is 17.4. The van der Waals surface area contributed by atoms with E-state index in [-0.39, 0.29) is 11.9 Å². The number of rotatable bonds is 6. The van der Waals surface area contributed by atoms with Gasteiger partial charge in [0.1, 0.15) is 5.52 Å². The van der Waals surface area contributed by atoms with Crippen LogP contribution in [0, 0.1) is 5.92 Å². The molecule has 0 bridgehead atoms. The molecule has 5 nitrogen and oxygen atoms in total. The van der Waals surface area contributed by atoms with Crippen LogP contribution in [0.1, 0.15) is 57.8 Å². The molecule has 1 amide bonds. The van der Waals surface area contributed by atoms with E-state index in [1.807, 2.05) is 24.3 Å². The molecule has 0 radical (unpaired) electrons. The lowest BCUT2D eigenvalue weighted by Gasteiger charge is -2.24. The molecule has 0 spiro atoms. The van der Waals surface area contributed by atoms with Gasteiger partial charge in [-0.1, -0.05) is 44.2 Å². The highest BCUT2D eigenvalue weighted by atomic mass is 16.4. The quantitative estimate of drug-likeness (QED) is 0.840. The fourth-order valence-corrected chi connectivity index (χ4v) is 4.41. The third-order valence-electron chi connectivity index (χ3n) is 5.94. The Labute approximate surface area is 155 Å². The van der Waals surface area contributed by atoms with Gasteiger partial charge in [-0.2, -0.15) is 4.98 Å². The Morgan fingerprint density at radius 3 is 2.85 bits per heavy atom. The van der Waals surface area contributed by atoms with Gasteiger partial charge in [0.15, 0.2) is 5.58 Å². The van der Waals surface area contributed by atoms with Crippen LogP contribution in [0.4, 0.5) is 6.01 Å². The van der Waals surface area contributed by atoms with Crippen molar-refractivity contribution < 1.29 is 9.21 Å². The normalized spacial score (nSPS) is 21.4. The predicted octanol–water partition coefficient (Wildman–Crippen LogP) is 4.27. The Balaban J connectivity index is 1.28. The van der Waals surface area contributed by atoms with Crippen molar-refractivity contribution in [2.24, 2.45) is 5.92 Å². The summed E-state index contributed by atoms with van der Waals surface area (Å²) in [7, 11) is 0. The van der Waals surface area contributed by atoms with Gasteiger partial charge < -0.3 is 14.6 Å². The van der Waals surface area contributed by atoms with E-state index < -0.39 is 0 Å². The summed E-state index contributed by atoms with van der Waals surface area (Å²) in [6, 6.07) is 8.82. The maximum absolute atomic E-state index is 12.3. The molecular formula is C21H29N3O2. The van der Waals surface area contributed by atoms with Gasteiger partial charge in [-0.3, -0.25) is 4.79 Å². The van der Waals surface area contributed by atoms with Crippen LogP contribution in [0.15, 0.2) is 28.7 Å². The van der Waals surface area contributed by atoms with Gasteiger partial charge in [-0.05, 0) is 37.3 Å². The number of nitrogens with one attached hydrogen (secondary N) is 1. The standard InChI is InChI=1S/C21H29N3O2/c25-20(13-12-16-7-2-1-3-8-16)22-15-17-9-6-14-24(17)21-23-18-10-4-5-11-19(18)26-21/h4-5,10-11,16-17H,1-3,6-9,12-15H2,(H,22,25). The molecule has 2 heterocycles. The molecule has 1 unspecified atom stereocenters. The predicted molar refractivity (Wildman–Crippen MR) is 103 cm³/mol. The zero-order valence-electron chi connectivity index (χ0n) is 15.5. The smallest absolute Gasteiger partial charge is 0.298 e. The summed E-state index contributed by atoms with van der Waals surface area (Å²) in [6.45, 7) is 1.62. The van der Waals surface area contributed by atoms with Crippen molar-refractivity contribution >= 4 is 23.0 Å². The first-order chi connectivity index (χ1) is 12.8. The summed E-state index contributed by atoms with van der Waals surface area (Å²) in [5.41, 5.74) is 1.72. The van der Waals surface area contributed by atoms with E-state index in [4.69, 9.17) is 4.42 Å². The highest BCUT2D eigenvalue weighted by molar-refractivity contribution is 5.76. The van der Waals surface area contributed by atoms with E-state index in [1.54, 1.807) is 0 Å². The molecule has 1 aromatic carbocycles. The van der Waals surface area contributed by atoms with Gasteiger partial charge in [-0.15, -0.1) is 0 Å². The van der Waals surface area contributed by atoms with Crippen LogP contribution in [0.5, 0.6) is 0 Å². The molecule has 140 valence electrons. The highest BCUT2D eigenvalue weighted by Crippen LogP contribution is 2.29. The Bertz CT molecular complexity index is 703. The number of benzene rings is 1. The highest BCUT2D eigenvalue weighted by Gasteiger charge is 2.28. The third kappa shape index (κ3) is 4.02. The molecule has 26 heavy (non-hydrogen) atoms. The second-order valence-corrected chi connectivity index (χ2v) is 7.80. The molecule has 1 atom stereocenters. The lowest BCUT2D eigenvalue weighted by Crippen LogP contribution is -2.40. The Morgan fingerprint density at radius 2 is 2.00 bits per heavy atom. The maximum atomic E-state index is 12.3. The lowest BCUT2D eigenvalue weighted by atomic mass is 9.86. The number of oxazole rings is 1. The van der Waals surface area contributed by atoms with Crippen LogP contribution in [-0.4, -0.2) is 30.0 Å². The second-order valence-electron chi connectivity index (χ2n) is 7.80. The largest absolute Gasteiger partial charge is 0.423 e. The summed E-state index contributed by atoms with van der Waals surface area (Å²) in [5, 5.41) is 3.15. The minimum Gasteiger partial charge on any atom is -0.423 e. The number of fused-ring (bicyclic) bond motifs is 1. The van der Waals surface area contributed by atoms with E-state index in [9.17, 15) is 4.79 Å². The van der Waals surface area contributed by atoms with Crippen molar-refractivity contribution in [2.75, 3.05) is 18.0 Å². The number of hydrogen-bond donors (Lipinski definition) is 1. The Kier molecular flexibility index (Phi) is 5.42. The first-order valence-electron chi connectivity index (χ1n) is 10.2. The zero-order chi connectivity index (χ0) is 17.8. The molecule has 1 saturated heterocycles. The fourth-order valence-electron chi connectivity index (χ4n) is 4.41. The van der Waals surface area contributed by atoms with Crippen molar-refractivity contribution in [3.05, 3.63) is 24.3 Å². The molecule has 2 aromatic rings. The molecule has 1 saturated carbocycles. The topological polar surface area (TPSA) is 58.4 Å². The van der Waals surface area contributed by atoms with Crippen LogP contribution < -0.4 is 10.2 Å². The lowest BCUT2D eigenvalue weighted by molar-refractivity contribution is -0.121. The van der Waals surface area contributed by atoms with Crippen molar-refractivity contribution in [2.45, 2.75) is 63.8 Å². The summed E-state index contributed by atoms with van der Waals surface area (Å²) in [6.07, 6.45) is 10.6. The molecule has 1 aromatic heterocycles. The van der Waals surface area contributed by atoms with Crippen LogP contribution >= 0.6 is 0 Å². The number of carbonyl (C=O) groups excluding carboxylic acids is 1. The molecule has 2 fully saturated rings. The molecule has 1 aliphatic carbocycles. The van der Waals surface area contributed by atoms with Gasteiger partial charge in [0.25, 0.3) is 6.01 Å². The van der Waals surface area contributed by atoms with Crippen LogP contribution in [0.25, 0.3) is 11.1 Å². The minimum absolute atomic E-state index is 0.194. The van der Waals surface area contributed by atoms with Crippen LogP contribution in [0.3, 0.4) is 0 Å². The summed E-state index contributed by atoms with van der Waals surface area (Å²) >= 11 is 0. The van der Waals surface area contributed by atoms with Gasteiger partial charge >= 0.3 is 0 Å². The number of aromatic nitrogens is 1. The zero-order valence-corrected chi connectivity index (χ0v) is 15.5. The van der Waals surface area contributed by atoms with E-state index >= 15 is 0 Å². The SMILES string of the molecule is O=C(CCC1CCCCC1)NCC1CCCN1c1nc2ccccc2o1. The van der Waals surface area contributed by atoms with Crippen LogP contribution in [-0.2, 0) is 4.79 Å². The number of anilines is 1. The van der Waals surface area contributed by atoms with Gasteiger partial charge in [0.05, 0.1) is 6.04 Å². The summed E-state index contributed by atoms with van der Waals surface area (Å²) < 4.78 is 5.92. The molecule has 1 aliphatic heterocycles. The molecular weight excluding hydrogens is 326 g/mol. The van der Waals surface area contributed by atoms with E-state index in [0.29, 0.717) is 19.0 Å². The molecule has 5 heteroatoms. The second kappa shape index (κ2) is 8.11. The number of hydrogen-bond acceptors (Lipinski definition) is 4.